The highest BCUT2D eigenvalue weighted by atomic mass is 19.4. The minimum atomic E-state index is -4.40. The second kappa shape index (κ2) is 10.5. The summed E-state index contributed by atoms with van der Waals surface area (Å²) in [5.74, 6) is 0.212. The number of amides is 1. The van der Waals surface area contributed by atoms with Gasteiger partial charge in [0.2, 0.25) is 0 Å². The van der Waals surface area contributed by atoms with Gasteiger partial charge in [0.25, 0.3) is 5.91 Å². The van der Waals surface area contributed by atoms with Gasteiger partial charge in [-0.15, -0.1) is 0 Å². The van der Waals surface area contributed by atoms with Crippen LogP contribution in [0.1, 0.15) is 33.2 Å². The molecule has 1 atom stereocenters. The van der Waals surface area contributed by atoms with E-state index in [1.54, 1.807) is 24.5 Å². The van der Waals surface area contributed by atoms with E-state index in [4.69, 9.17) is 9.47 Å². The fourth-order valence-electron chi connectivity index (χ4n) is 4.12. The van der Waals surface area contributed by atoms with Gasteiger partial charge in [0.15, 0.2) is 0 Å². The molecule has 10 heteroatoms. The maximum absolute atomic E-state index is 13.0. The van der Waals surface area contributed by atoms with E-state index < -0.39 is 11.7 Å². The number of hydrogen-bond acceptors (Lipinski definition) is 5. The monoisotopic (exact) mass is 488 g/mol. The maximum Gasteiger partial charge on any atom is 0.416 e. The Morgan fingerprint density at radius 1 is 1.17 bits per heavy atom. The van der Waals surface area contributed by atoms with Gasteiger partial charge in [0, 0.05) is 31.4 Å². The number of imidazole rings is 1. The van der Waals surface area contributed by atoms with Gasteiger partial charge in [-0.25, -0.2) is 4.98 Å². The summed E-state index contributed by atoms with van der Waals surface area (Å²) in [5, 5.41) is 2.94. The lowest BCUT2D eigenvalue weighted by molar-refractivity contribution is -0.137. The number of aromatic nitrogens is 2. The zero-order chi connectivity index (χ0) is 25.0. The van der Waals surface area contributed by atoms with E-state index in [2.05, 4.69) is 15.2 Å². The Balaban J connectivity index is 1.51. The lowest BCUT2D eigenvalue weighted by atomic mass is 10.0. The van der Waals surface area contributed by atoms with Crippen LogP contribution in [0.2, 0.25) is 0 Å². The molecule has 1 aliphatic rings. The number of methoxy groups -OCH3 is 1. The lowest BCUT2D eigenvalue weighted by Gasteiger charge is -2.35. The Morgan fingerprint density at radius 3 is 2.49 bits per heavy atom. The van der Waals surface area contributed by atoms with Crippen molar-refractivity contribution < 1.29 is 27.4 Å². The number of nitrogens with one attached hydrogen (secondary N) is 1. The first-order chi connectivity index (χ1) is 16.8. The van der Waals surface area contributed by atoms with Crippen LogP contribution in [0, 0.1) is 6.92 Å². The van der Waals surface area contributed by atoms with Crippen molar-refractivity contribution in [2.75, 3.05) is 40.0 Å². The predicted molar refractivity (Wildman–Crippen MR) is 124 cm³/mol. The molecule has 0 radical (unpaired) electrons. The Kier molecular flexibility index (Phi) is 7.42. The second-order valence-corrected chi connectivity index (χ2v) is 8.30. The third-order valence-corrected chi connectivity index (χ3v) is 6.00. The highest BCUT2D eigenvalue weighted by molar-refractivity contribution is 5.95. The SMILES string of the molecule is COc1cc(C(=O)NCC(c2ccc(C(F)(F)F)cc2)N2CCOCC2)ccc1-n1cnc(C)c1. The first-order valence-corrected chi connectivity index (χ1v) is 11.2. The van der Waals surface area contributed by atoms with Crippen molar-refractivity contribution >= 4 is 5.91 Å². The number of benzene rings is 2. The summed E-state index contributed by atoms with van der Waals surface area (Å²) < 4.78 is 51.8. The van der Waals surface area contributed by atoms with Crippen LogP contribution >= 0.6 is 0 Å². The van der Waals surface area contributed by atoms with Crippen LogP contribution in [0.15, 0.2) is 55.0 Å². The molecule has 1 N–H and O–H groups in total. The molecule has 35 heavy (non-hydrogen) atoms. The Hall–Kier alpha value is -3.37. The number of carbonyl (C=O) groups excluding carboxylic acids is 1. The molecule has 1 saturated heterocycles. The molecule has 3 aromatic rings. The summed E-state index contributed by atoms with van der Waals surface area (Å²) in [6, 6.07) is 9.94. The summed E-state index contributed by atoms with van der Waals surface area (Å²) in [4.78, 5) is 19.3. The number of alkyl halides is 3. The van der Waals surface area contributed by atoms with Gasteiger partial charge < -0.3 is 19.4 Å². The van der Waals surface area contributed by atoms with Crippen molar-refractivity contribution in [2.24, 2.45) is 0 Å². The predicted octanol–water partition coefficient (Wildman–Crippen LogP) is 4.01. The maximum atomic E-state index is 13.0. The van der Waals surface area contributed by atoms with Crippen LogP contribution in [0.4, 0.5) is 13.2 Å². The standard InChI is InChI=1S/C25H27F3N4O3/c1-17-15-32(16-30-17)21-8-5-19(13-23(21)34-2)24(33)29-14-22(31-9-11-35-12-10-31)18-3-6-20(7-4-18)25(26,27)28/h3-8,13,15-16,22H,9-12,14H2,1-2H3,(H,29,33). The number of hydrogen-bond donors (Lipinski definition) is 1. The van der Waals surface area contributed by atoms with Gasteiger partial charge in [-0.1, -0.05) is 12.1 Å². The fraction of sp³-hybridized carbons (Fsp3) is 0.360. The zero-order valence-corrected chi connectivity index (χ0v) is 19.5. The second-order valence-electron chi connectivity index (χ2n) is 8.30. The molecule has 2 aromatic carbocycles. The minimum absolute atomic E-state index is 0.231. The van der Waals surface area contributed by atoms with Gasteiger partial charge in [-0.05, 0) is 42.8 Å². The molecule has 7 nitrogen and oxygen atoms in total. The van der Waals surface area contributed by atoms with Crippen molar-refractivity contribution in [1.29, 1.82) is 0 Å². The van der Waals surface area contributed by atoms with Crippen molar-refractivity contribution in [2.45, 2.75) is 19.1 Å². The summed E-state index contributed by atoms with van der Waals surface area (Å²) >= 11 is 0. The highest BCUT2D eigenvalue weighted by Crippen LogP contribution is 2.31. The van der Waals surface area contributed by atoms with Crippen molar-refractivity contribution in [3.05, 3.63) is 77.4 Å². The van der Waals surface area contributed by atoms with Crippen LogP contribution in [0.25, 0.3) is 5.69 Å². The van der Waals surface area contributed by atoms with E-state index in [0.717, 1.165) is 23.5 Å². The van der Waals surface area contributed by atoms with E-state index >= 15 is 0 Å². The number of aryl methyl sites for hydroxylation is 1. The quantitative estimate of drug-likeness (QED) is 0.544. The van der Waals surface area contributed by atoms with Crippen molar-refractivity contribution in [1.82, 2.24) is 19.8 Å². The average Bonchev–Trinajstić information content (AvgIpc) is 3.30. The molecule has 186 valence electrons. The molecule has 0 spiro atoms. The number of nitrogens with zero attached hydrogens (tertiary/aromatic N) is 3. The van der Waals surface area contributed by atoms with E-state index in [9.17, 15) is 18.0 Å². The average molecular weight is 489 g/mol. The largest absolute Gasteiger partial charge is 0.495 e. The normalized spacial score (nSPS) is 15.6. The molecule has 1 fully saturated rings. The number of morpholine rings is 1. The first kappa shape index (κ1) is 24.7. The topological polar surface area (TPSA) is 68.6 Å². The summed E-state index contributed by atoms with van der Waals surface area (Å²) in [7, 11) is 1.53. The van der Waals surface area contributed by atoms with Gasteiger partial charge >= 0.3 is 6.18 Å². The van der Waals surface area contributed by atoms with Crippen molar-refractivity contribution in [3.63, 3.8) is 0 Å². The molecular weight excluding hydrogens is 461 g/mol. The molecule has 1 amide bonds. The van der Waals surface area contributed by atoms with Crippen LogP contribution in [0.3, 0.4) is 0 Å². The summed E-state index contributed by atoms with van der Waals surface area (Å²) in [5.41, 5.74) is 2.01. The number of halogens is 3. The van der Waals surface area contributed by atoms with E-state index in [0.29, 0.717) is 43.2 Å². The van der Waals surface area contributed by atoms with Crippen molar-refractivity contribution in [3.8, 4) is 11.4 Å². The van der Waals surface area contributed by atoms with E-state index in [1.807, 2.05) is 17.7 Å². The van der Waals surface area contributed by atoms with Crippen LogP contribution < -0.4 is 10.1 Å². The third kappa shape index (κ3) is 5.83. The molecular formula is C25H27F3N4O3. The van der Waals surface area contributed by atoms with Crippen LogP contribution in [-0.4, -0.2) is 60.3 Å². The summed E-state index contributed by atoms with van der Waals surface area (Å²) in [6.45, 7) is 4.40. The van der Waals surface area contributed by atoms with E-state index in [1.165, 1.54) is 19.2 Å². The van der Waals surface area contributed by atoms with Crippen LogP contribution in [0.5, 0.6) is 5.75 Å². The Bertz CT molecular complexity index is 1160. The smallest absolute Gasteiger partial charge is 0.416 e. The Morgan fingerprint density at radius 2 is 1.89 bits per heavy atom. The molecule has 0 bridgehead atoms. The van der Waals surface area contributed by atoms with Gasteiger partial charge in [0.05, 0.1) is 49.6 Å². The number of carbonyl (C=O) groups is 1. The highest BCUT2D eigenvalue weighted by Gasteiger charge is 2.31. The molecule has 0 aliphatic carbocycles. The minimum Gasteiger partial charge on any atom is -0.495 e. The number of rotatable bonds is 7. The fourth-order valence-corrected chi connectivity index (χ4v) is 4.12. The lowest BCUT2D eigenvalue weighted by Crippen LogP contribution is -2.43. The third-order valence-electron chi connectivity index (χ3n) is 6.00. The van der Waals surface area contributed by atoms with Gasteiger partial charge in [0.1, 0.15) is 5.75 Å². The molecule has 0 saturated carbocycles. The number of ether oxygens (including phenoxy) is 2. The van der Waals surface area contributed by atoms with E-state index in [-0.39, 0.29) is 18.5 Å². The van der Waals surface area contributed by atoms with Gasteiger partial charge in [-0.3, -0.25) is 9.69 Å². The van der Waals surface area contributed by atoms with Gasteiger partial charge in [-0.2, -0.15) is 13.2 Å². The Labute approximate surface area is 201 Å². The molecule has 1 aromatic heterocycles. The van der Waals surface area contributed by atoms with Crippen LogP contribution in [-0.2, 0) is 10.9 Å². The molecule has 1 unspecified atom stereocenters. The summed E-state index contributed by atoms with van der Waals surface area (Å²) in [6.07, 6.45) is -0.875. The zero-order valence-electron chi connectivity index (χ0n) is 19.5. The molecule has 2 heterocycles. The first-order valence-electron chi connectivity index (χ1n) is 11.2. The molecule has 1 aliphatic heterocycles. The molecule has 4 rings (SSSR count).